The van der Waals surface area contributed by atoms with E-state index in [0.717, 1.165) is 4.68 Å². The molecular formula is C17H18F4N4O2. The molecule has 1 aromatic carbocycles. The number of nitrogens with zero attached hydrogens (tertiary/aromatic N) is 2. The van der Waals surface area contributed by atoms with Gasteiger partial charge in [0.25, 0.3) is 5.91 Å². The summed E-state index contributed by atoms with van der Waals surface area (Å²) in [5.74, 6) is -0.980. The van der Waals surface area contributed by atoms with Crippen LogP contribution in [0.15, 0.2) is 30.3 Å². The zero-order valence-corrected chi connectivity index (χ0v) is 14.4. The Morgan fingerprint density at radius 2 is 2.07 bits per heavy atom. The average molecular weight is 386 g/mol. The molecule has 1 aromatic heterocycles. The lowest BCUT2D eigenvalue weighted by molar-refractivity contribution is -0.173. The van der Waals surface area contributed by atoms with Crippen molar-refractivity contribution >= 4 is 11.7 Å². The summed E-state index contributed by atoms with van der Waals surface area (Å²) < 4.78 is 59.4. The predicted octanol–water partition coefficient (Wildman–Crippen LogP) is 3.06. The highest BCUT2D eigenvalue weighted by Crippen LogP contribution is 2.43. The molecule has 2 aromatic rings. The molecule has 10 heteroatoms. The van der Waals surface area contributed by atoms with Crippen molar-refractivity contribution in [2.24, 2.45) is 0 Å². The molecule has 1 aliphatic heterocycles. The molecule has 0 bridgehead atoms. The molecule has 6 nitrogen and oxygen atoms in total. The maximum atomic E-state index is 13.6. The number of halogens is 4. The van der Waals surface area contributed by atoms with E-state index in [1.807, 2.05) is 0 Å². The third-order valence-electron chi connectivity index (χ3n) is 4.29. The highest BCUT2D eigenvalue weighted by molar-refractivity contribution is 5.93. The smallest absolute Gasteiger partial charge is 0.383 e. The first-order chi connectivity index (χ1) is 12.8. The summed E-state index contributed by atoms with van der Waals surface area (Å²) in [6.45, 7) is 0.487. The van der Waals surface area contributed by atoms with Gasteiger partial charge in [-0.25, -0.2) is 9.07 Å². The molecule has 0 unspecified atom stereocenters. The van der Waals surface area contributed by atoms with Gasteiger partial charge in [0.05, 0.1) is 12.6 Å². The lowest BCUT2D eigenvalue weighted by atomic mass is 9.97. The molecule has 0 saturated heterocycles. The Balaban J connectivity index is 1.88. The van der Waals surface area contributed by atoms with Crippen LogP contribution in [0.5, 0.6) is 0 Å². The Labute approximate surface area is 152 Å². The third-order valence-corrected chi connectivity index (χ3v) is 4.29. The number of rotatable bonds is 5. The summed E-state index contributed by atoms with van der Waals surface area (Å²) in [5.41, 5.74) is 0.395. The monoisotopic (exact) mass is 386 g/mol. The number of carbonyl (C=O) groups excluding carboxylic acids is 1. The van der Waals surface area contributed by atoms with E-state index in [-0.39, 0.29) is 31.1 Å². The van der Waals surface area contributed by atoms with Crippen LogP contribution in [-0.2, 0) is 4.74 Å². The normalized spacial score (nSPS) is 19.3. The molecule has 0 radical (unpaired) electrons. The van der Waals surface area contributed by atoms with Gasteiger partial charge in [-0.05, 0) is 17.7 Å². The molecule has 0 spiro atoms. The van der Waals surface area contributed by atoms with Crippen LogP contribution in [0.2, 0.25) is 0 Å². The molecule has 2 atom stereocenters. The maximum Gasteiger partial charge on any atom is 0.410 e. The first-order valence-corrected chi connectivity index (χ1v) is 8.25. The van der Waals surface area contributed by atoms with Crippen LogP contribution >= 0.6 is 0 Å². The number of nitrogens with one attached hydrogen (secondary N) is 2. The number of fused-ring (bicyclic) bond motifs is 1. The SMILES string of the molecule is COCCNC(=O)c1cc2n(n1)[C@H](C(F)(F)F)C[C@@H](c1ccc(F)cc1)N2. The predicted molar refractivity (Wildman–Crippen MR) is 88.9 cm³/mol. The van der Waals surface area contributed by atoms with Crippen molar-refractivity contribution in [2.75, 3.05) is 25.6 Å². The molecule has 0 saturated carbocycles. The van der Waals surface area contributed by atoms with Gasteiger partial charge in [-0.1, -0.05) is 12.1 Å². The second-order valence-electron chi connectivity index (χ2n) is 6.15. The number of hydrogen-bond acceptors (Lipinski definition) is 4. The lowest BCUT2D eigenvalue weighted by Crippen LogP contribution is -2.36. The van der Waals surface area contributed by atoms with E-state index in [1.54, 1.807) is 0 Å². The van der Waals surface area contributed by atoms with Gasteiger partial charge in [0, 0.05) is 26.1 Å². The van der Waals surface area contributed by atoms with Gasteiger partial charge >= 0.3 is 6.18 Å². The van der Waals surface area contributed by atoms with Crippen molar-refractivity contribution < 1.29 is 27.1 Å². The fourth-order valence-corrected chi connectivity index (χ4v) is 2.96. The number of methoxy groups -OCH3 is 1. The van der Waals surface area contributed by atoms with Crippen LogP contribution in [0.3, 0.4) is 0 Å². The highest BCUT2D eigenvalue weighted by Gasteiger charge is 2.46. The van der Waals surface area contributed by atoms with Gasteiger partial charge in [-0.15, -0.1) is 0 Å². The van der Waals surface area contributed by atoms with Crippen LogP contribution in [0.25, 0.3) is 0 Å². The summed E-state index contributed by atoms with van der Waals surface area (Å²) in [6, 6.07) is 3.95. The minimum Gasteiger partial charge on any atom is -0.383 e. The van der Waals surface area contributed by atoms with Crippen molar-refractivity contribution in [3.05, 3.63) is 47.4 Å². The van der Waals surface area contributed by atoms with Gasteiger partial charge in [0.15, 0.2) is 11.7 Å². The second-order valence-corrected chi connectivity index (χ2v) is 6.15. The van der Waals surface area contributed by atoms with Gasteiger partial charge < -0.3 is 15.4 Å². The molecule has 2 heterocycles. The fourth-order valence-electron chi connectivity index (χ4n) is 2.96. The van der Waals surface area contributed by atoms with E-state index < -0.39 is 30.0 Å². The van der Waals surface area contributed by atoms with Gasteiger partial charge in [0.1, 0.15) is 11.6 Å². The largest absolute Gasteiger partial charge is 0.410 e. The van der Waals surface area contributed by atoms with Gasteiger partial charge in [-0.2, -0.15) is 18.3 Å². The van der Waals surface area contributed by atoms with Crippen molar-refractivity contribution in [3.63, 3.8) is 0 Å². The van der Waals surface area contributed by atoms with E-state index in [4.69, 9.17) is 4.74 Å². The van der Waals surface area contributed by atoms with E-state index >= 15 is 0 Å². The molecule has 1 amide bonds. The number of aromatic nitrogens is 2. The molecule has 146 valence electrons. The summed E-state index contributed by atoms with van der Waals surface area (Å²) in [7, 11) is 1.47. The molecule has 0 aliphatic carbocycles. The highest BCUT2D eigenvalue weighted by atomic mass is 19.4. The van der Waals surface area contributed by atoms with Crippen molar-refractivity contribution in [1.29, 1.82) is 0 Å². The van der Waals surface area contributed by atoms with E-state index in [2.05, 4.69) is 15.7 Å². The number of anilines is 1. The average Bonchev–Trinajstić information content (AvgIpc) is 3.05. The minimum absolute atomic E-state index is 0.0785. The molecule has 0 fully saturated rings. The lowest BCUT2D eigenvalue weighted by Gasteiger charge is -2.33. The molecule has 1 aliphatic rings. The quantitative estimate of drug-likeness (QED) is 0.612. The van der Waals surface area contributed by atoms with Crippen LogP contribution in [0.1, 0.15) is 34.6 Å². The Morgan fingerprint density at radius 3 is 2.70 bits per heavy atom. The third kappa shape index (κ3) is 4.21. The Hall–Kier alpha value is -2.62. The van der Waals surface area contributed by atoms with Crippen LogP contribution in [0, 0.1) is 5.82 Å². The number of hydrogen-bond donors (Lipinski definition) is 2. The summed E-state index contributed by atoms with van der Waals surface area (Å²) in [5, 5.41) is 9.31. The fraction of sp³-hybridized carbons (Fsp3) is 0.412. The standard InChI is InChI=1S/C17H18F4N4O2/c1-27-7-6-22-16(26)13-9-15-23-12(10-2-4-11(18)5-3-10)8-14(17(19,20)21)25(15)24-13/h2-5,9,12,14,23H,6-8H2,1H3,(H,22,26)/t12-,14-/m0/s1. The number of benzene rings is 1. The van der Waals surface area contributed by atoms with Crippen molar-refractivity contribution in [3.8, 4) is 0 Å². The number of carbonyl (C=O) groups is 1. The number of ether oxygens (including phenoxy) is 1. The Kier molecular flexibility index (Phi) is 5.36. The van der Waals surface area contributed by atoms with Crippen molar-refractivity contribution in [1.82, 2.24) is 15.1 Å². The van der Waals surface area contributed by atoms with E-state index in [1.165, 1.54) is 37.4 Å². The zero-order valence-electron chi connectivity index (χ0n) is 14.4. The molecular weight excluding hydrogens is 368 g/mol. The first kappa shape index (κ1) is 19.2. The van der Waals surface area contributed by atoms with Crippen LogP contribution in [0.4, 0.5) is 23.4 Å². The van der Waals surface area contributed by atoms with Crippen LogP contribution < -0.4 is 10.6 Å². The summed E-state index contributed by atoms with van der Waals surface area (Å²) >= 11 is 0. The molecule has 27 heavy (non-hydrogen) atoms. The summed E-state index contributed by atoms with van der Waals surface area (Å²) in [6.07, 6.45) is -4.88. The van der Waals surface area contributed by atoms with E-state index in [9.17, 15) is 22.4 Å². The maximum absolute atomic E-state index is 13.6. The van der Waals surface area contributed by atoms with Gasteiger partial charge in [0.2, 0.25) is 0 Å². The topological polar surface area (TPSA) is 68.2 Å². The zero-order chi connectivity index (χ0) is 19.6. The second kappa shape index (κ2) is 7.55. The minimum atomic E-state index is -4.55. The van der Waals surface area contributed by atoms with E-state index in [0.29, 0.717) is 5.56 Å². The van der Waals surface area contributed by atoms with Crippen molar-refractivity contribution in [2.45, 2.75) is 24.7 Å². The van der Waals surface area contributed by atoms with Crippen LogP contribution in [-0.4, -0.2) is 42.1 Å². The van der Waals surface area contributed by atoms with Gasteiger partial charge in [-0.3, -0.25) is 4.79 Å². The number of amides is 1. The number of alkyl halides is 3. The first-order valence-electron chi connectivity index (χ1n) is 8.25. The molecule has 2 N–H and O–H groups in total. The summed E-state index contributed by atoms with van der Waals surface area (Å²) in [4.78, 5) is 12.1. The Morgan fingerprint density at radius 1 is 1.37 bits per heavy atom. The molecule has 3 rings (SSSR count). The Bertz CT molecular complexity index is 804.